The number of oxime groups is 1. The van der Waals surface area contributed by atoms with Crippen molar-refractivity contribution in [1.29, 1.82) is 0 Å². The van der Waals surface area contributed by atoms with Gasteiger partial charge in [0.15, 0.2) is 35.6 Å². The van der Waals surface area contributed by atoms with Gasteiger partial charge < -0.3 is 31.3 Å². The van der Waals surface area contributed by atoms with E-state index < -0.39 is 34.8 Å². The van der Waals surface area contributed by atoms with Crippen LogP contribution in [-0.4, -0.2) is 86.1 Å². The Morgan fingerprint density at radius 3 is 2.78 bits per heavy atom. The van der Waals surface area contributed by atoms with Gasteiger partial charge in [-0.25, -0.2) is 14.2 Å². The van der Waals surface area contributed by atoms with Gasteiger partial charge in [-0.1, -0.05) is 39.7 Å². The molecule has 0 aliphatic carbocycles. The van der Waals surface area contributed by atoms with Crippen molar-refractivity contribution in [1.82, 2.24) is 19.8 Å². The number of carbonyl (C=O) groups excluding carboxylic acids is 2. The molecule has 3 aromatic heterocycles. The number of hydrogen-bond acceptors (Lipinski definition) is 11. The first kappa shape index (κ1) is 37.8. The molecular weight excluding hydrogens is 780 g/mol. The normalized spacial score (nSPS) is 20.6. The van der Waals surface area contributed by atoms with Gasteiger partial charge in [-0.15, -0.1) is 11.8 Å². The van der Waals surface area contributed by atoms with Crippen LogP contribution >= 0.6 is 46.3 Å². The molecule has 3 atom stereocenters. The molecule has 0 saturated carbocycles. The number of thiazole rings is 1. The number of pyridine rings is 1. The number of carbonyl (C=O) groups is 3. The SMILES string of the molecule is CO/N=C(\C(=O)C[C@@H]1C(=O)N2C(C(=O)O)=C(C[n+]3ccc4ccn(Cc5c(F)cc(C(N)=NC6CCCNC6)cc5Cl)c4c3)CS[C@H]12)c1nc(N)sc1Cl. The molecule has 1 unspecified atom stereocenters. The molecule has 0 bridgehead atoms. The number of ketones is 1. The number of β-lactam (4-membered cyclic amide) rings is 1. The molecular formula is C35H35Cl2FN9O5S2+. The number of amidine groups is 1. The number of aliphatic carboxylic acids is 1. The number of nitrogen functional groups attached to an aromatic ring is 1. The lowest BCUT2D eigenvalue weighted by molar-refractivity contribution is -0.687. The minimum absolute atomic E-state index is 0.0273. The zero-order valence-corrected chi connectivity index (χ0v) is 31.9. The third kappa shape index (κ3) is 7.42. The molecule has 2 saturated heterocycles. The first-order valence-electron chi connectivity index (χ1n) is 16.9. The van der Waals surface area contributed by atoms with Crippen molar-refractivity contribution >= 4 is 91.5 Å². The molecule has 6 N–H and O–H groups in total. The van der Waals surface area contributed by atoms with E-state index in [2.05, 4.69) is 20.4 Å². The molecule has 4 aromatic rings. The highest BCUT2D eigenvalue weighted by atomic mass is 35.5. The van der Waals surface area contributed by atoms with E-state index in [0.717, 1.165) is 48.2 Å². The Morgan fingerprint density at radius 1 is 1.28 bits per heavy atom. The number of nitrogens with one attached hydrogen (secondary N) is 1. The number of amides is 1. The zero-order chi connectivity index (χ0) is 38.3. The highest BCUT2D eigenvalue weighted by Crippen LogP contribution is 2.45. The quantitative estimate of drug-likeness (QED) is 0.0538. The minimum Gasteiger partial charge on any atom is -0.477 e. The maximum atomic E-state index is 15.6. The summed E-state index contributed by atoms with van der Waals surface area (Å²) in [5, 5.41) is 18.0. The third-order valence-electron chi connectivity index (χ3n) is 9.54. The monoisotopic (exact) mass is 814 g/mol. The van der Waals surface area contributed by atoms with E-state index in [1.54, 1.807) is 6.07 Å². The minimum atomic E-state index is -1.25. The van der Waals surface area contributed by atoms with Gasteiger partial charge in [-0.3, -0.25) is 19.5 Å². The van der Waals surface area contributed by atoms with Crippen molar-refractivity contribution in [3.63, 3.8) is 0 Å². The first-order valence-corrected chi connectivity index (χ1v) is 19.5. The van der Waals surface area contributed by atoms with Gasteiger partial charge in [0.25, 0.3) is 0 Å². The number of nitrogens with zero attached hydrogens (tertiary/aromatic N) is 6. The molecule has 0 radical (unpaired) electrons. The average Bonchev–Trinajstić information content (AvgIpc) is 3.71. The standard InChI is InChI=1S/C35H34Cl2FN9O5S2/c1-52-44-27(28-30(37)54-35(40)43-28)26(48)11-21-32(49)47-29(34(50)51)19(16-53-33(21)47)13-45-7-4-17-5-8-46(25(17)15-45)14-22-23(36)9-18(10-24(22)38)31(39)42-20-3-2-6-41-12-20/h4-5,7-10,15,20-21,33,41H,2-3,6,11-14,16H2,1H3,(H4-,39,40,42,43,50,51)/p+1/b44-27+/t20?,21-,33-/m1/s1. The van der Waals surface area contributed by atoms with E-state index >= 15 is 4.39 Å². The molecule has 2 fully saturated rings. The summed E-state index contributed by atoms with van der Waals surface area (Å²) in [6.45, 7) is 1.96. The van der Waals surface area contributed by atoms with Crippen molar-refractivity contribution in [2.24, 2.45) is 21.8 Å². The number of hydrogen-bond donors (Lipinski definition) is 4. The molecule has 6 heterocycles. The van der Waals surface area contributed by atoms with Gasteiger partial charge in [-0.2, -0.15) is 4.57 Å². The summed E-state index contributed by atoms with van der Waals surface area (Å²) in [5.74, 6) is -3.04. The van der Waals surface area contributed by atoms with E-state index in [9.17, 15) is 19.5 Å². The number of fused-ring (bicyclic) bond motifs is 2. The fourth-order valence-electron chi connectivity index (χ4n) is 6.93. The summed E-state index contributed by atoms with van der Waals surface area (Å²) >= 11 is 15.2. The Kier molecular flexibility index (Phi) is 11.0. The van der Waals surface area contributed by atoms with Crippen molar-refractivity contribution in [2.45, 2.75) is 43.8 Å². The Hall–Kier alpha value is -4.55. The molecule has 7 rings (SSSR count). The van der Waals surface area contributed by atoms with Crippen molar-refractivity contribution in [3.8, 4) is 0 Å². The number of piperidine rings is 1. The number of thioether (sulfide) groups is 1. The summed E-state index contributed by atoms with van der Waals surface area (Å²) in [4.78, 5) is 54.1. The van der Waals surface area contributed by atoms with Crippen LogP contribution in [0.5, 0.6) is 0 Å². The molecule has 3 aliphatic heterocycles. The fourth-order valence-corrected chi connectivity index (χ4v) is 9.53. The second kappa shape index (κ2) is 15.7. The number of halogens is 3. The molecule has 54 heavy (non-hydrogen) atoms. The van der Waals surface area contributed by atoms with Crippen LogP contribution in [0, 0.1) is 11.7 Å². The molecule has 1 aromatic carbocycles. The van der Waals surface area contributed by atoms with Crippen LogP contribution in [-0.2, 0) is 32.3 Å². The number of aromatic nitrogens is 3. The lowest BCUT2D eigenvalue weighted by atomic mass is 9.89. The fraction of sp³-hybridized carbons (Fsp3) is 0.343. The molecule has 3 aliphatic rings. The Morgan fingerprint density at radius 2 is 2.09 bits per heavy atom. The number of benzene rings is 1. The number of rotatable bonds is 12. The summed E-state index contributed by atoms with van der Waals surface area (Å²) in [6, 6.07) is 6.78. The van der Waals surface area contributed by atoms with E-state index in [4.69, 9.17) is 39.5 Å². The number of aliphatic imine (C=N–C) groups is 1. The van der Waals surface area contributed by atoms with E-state index in [-0.39, 0.29) is 68.5 Å². The van der Waals surface area contributed by atoms with Gasteiger partial charge >= 0.3 is 5.97 Å². The van der Waals surface area contributed by atoms with Gasteiger partial charge in [0.05, 0.1) is 23.9 Å². The van der Waals surface area contributed by atoms with Crippen LogP contribution in [0.2, 0.25) is 9.36 Å². The molecule has 0 spiro atoms. The van der Waals surface area contributed by atoms with Gasteiger partial charge in [-0.05, 0) is 37.6 Å². The Labute approximate surface area is 326 Å². The van der Waals surface area contributed by atoms with Crippen molar-refractivity contribution < 1.29 is 33.3 Å². The van der Waals surface area contributed by atoms with E-state index in [0.29, 0.717) is 16.9 Å². The number of carboxylic acid groups (broad SMARTS) is 1. The molecule has 19 heteroatoms. The smallest absolute Gasteiger partial charge is 0.352 e. The second-order valence-electron chi connectivity index (χ2n) is 13.0. The summed E-state index contributed by atoms with van der Waals surface area (Å²) in [7, 11) is 1.26. The van der Waals surface area contributed by atoms with Crippen LogP contribution in [0.1, 0.15) is 36.1 Å². The van der Waals surface area contributed by atoms with Crippen LogP contribution < -0.4 is 21.4 Å². The third-order valence-corrected chi connectivity index (χ3v) is 12.4. The average molecular weight is 816 g/mol. The summed E-state index contributed by atoms with van der Waals surface area (Å²) in [5.41, 5.74) is 13.7. The number of carboxylic acids is 1. The van der Waals surface area contributed by atoms with Gasteiger partial charge in [0.1, 0.15) is 40.0 Å². The van der Waals surface area contributed by atoms with Gasteiger partial charge in [0.2, 0.25) is 5.91 Å². The second-order valence-corrected chi connectivity index (χ2v) is 16.2. The van der Waals surface area contributed by atoms with Crippen molar-refractivity contribution in [3.05, 3.63) is 86.1 Å². The van der Waals surface area contributed by atoms with Crippen LogP contribution in [0.15, 0.2) is 64.3 Å². The number of anilines is 1. The topological polar surface area (TPSA) is 194 Å². The summed E-state index contributed by atoms with van der Waals surface area (Å²) < 4.78 is 19.4. The first-order chi connectivity index (χ1) is 25.9. The number of Topliss-reactive ketones (excluding diaryl/α,β-unsaturated/α-hetero) is 1. The molecule has 14 nitrogen and oxygen atoms in total. The summed E-state index contributed by atoms with van der Waals surface area (Å²) in [6.07, 6.45) is 7.14. The van der Waals surface area contributed by atoms with Crippen molar-refractivity contribution in [2.75, 3.05) is 31.7 Å². The van der Waals surface area contributed by atoms with E-state index in [1.807, 2.05) is 39.9 Å². The Balaban J connectivity index is 1.08. The lowest BCUT2D eigenvalue weighted by Crippen LogP contribution is -2.62. The predicted molar refractivity (Wildman–Crippen MR) is 205 cm³/mol. The zero-order valence-electron chi connectivity index (χ0n) is 28.8. The van der Waals surface area contributed by atoms with Crippen LogP contribution in [0.25, 0.3) is 10.9 Å². The highest BCUT2D eigenvalue weighted by molar-refractivity contribution is 8.00. The largest absolute Gasteiger partial charge is 0.477 e. The maximum absolute atomic E-state index is 15.6. The number of nitrogens with two attached hydrogens (primary N) is 2. The van der Waals surface area contributed by atoms with Crippen LogP contribution in [0.3, 0.4) is 0 Å². The van der Waals surface area contributed by atoms with E-state index in [1.165, 1.54) is 29.8 Å². The van der Waals surface area contributed by atoms with Gasteiger partial charge in [0, 0.05) is 58.1 Å². The highest BCUT2D eigenvalue weighted by Gasteiger charge is 2.54. The predicted octanol–water partition coefficient (Wildman–Crippen LogP) is 3.80. The maximum Gasteiger partial charge on any atom is 0.352 e. The molecule has 1 amide bonds. The van der Waals surface area contributed by atoms with Crippen LogP contribution in [0.4, 0.5) is 9.52 Å². The lowest BCUT2D eigenvalue weighted by Gasteiger charge is -2.49. The Bertz CT molecular complexity index is 2250. The molecule has 282 valence electrons.